The van der Waals surface area contributed by atoms with E-state index in [0.717, 1.165) is 43.6 Å². The number of aromatic nitrogens is 2. The molecule has 1 aliphatic rings. The Morgan fingerprint density at radius 1 is 1.29 bits per heavy atom. The molecule has 1 heterocycles. The molecule has 0 aliphatic heterocycles. The van der Waals surface area contributed by atoms with Crippen molar-refractivity contribution in [3.8, 4) is 0 Å². The summed E-state index contributed by atoms with van der Waals surface area (Å²) in [6.07, 6.45) is 10.1. The number of anilines is 1. The van der Waals surface area contributed by atoms with Crippen molar-refractivity contribution in [3.63, 3.8) is 0 Å². The van der Waals surface area contributed by atoms with Crippen molar-refractivity contribution < 1.29 is 0 Å². The van der Waals surface area contributed by atoms with E-state index in [0.29, 0.717) is 0 Å². The Balaban J connectivity index is 1.91. The van der Waals surface area contributed by atoms with Crippen LogP contribution in [0.1, 0.15) is 56.7 Å². The van der Waals surface area contributed by atoms with Gasteiger partial charge in [0, 0.05) is 37.6 Å². The third-order valence-electron chi connectivity index (χ3n) is 4.41. The first kappa shape index (κ1) is 16.2. The molecule has 1 saturated carbocycles. The fraction of sp³-hybridized carbons (Fsp3) is 0.765. The Bertz CT molecular complexity index is 427. The van der Waals surface area contributed by atoms with Crippen molar-refractivity contribution in [1.82, 2.24) is 15.3 Å². The van der Waals surface area contributed by atoms with Crippen molar-refractivity contribution in [2.75, 3.05) is 25.0 Å². The second kappa shape index (κ2) is 8.32. The zero-order chi connectivity index (χ0) is 15.1. The molecule has 118 valence electrons. The van der Waals surface area contributed by atoms with E-state index in [2.05, 4.69) is 36.1 Å². The van der Waals surface area contributed by atoms with E-state index in [1.54, 1.807) is 0 Å². The molecular formula is C17H30N4. The van der Waals surface area contributed by atoms with Crippen molar-refractivity contribution in [3.05, 3.63) is 17.5 Å². The molecule has 4 heteroatoms. The Morgan fingerprint density at radius 2 is 2.05 bits per heavy atom. The Hall–Kier alpha value is -1.16. The van der Waals surface area contributed by atoms with E-state index in [1.807, 2.05) is 6.20 Å². The van der Waals surface area contributed by atoms with Crippen LogP contribution < -0.4 is 10.2 Å². The van der Waals surface area contributed by atoms with Crippen LogP contribution in [0.2, 0.25) is 0 Å². The molecule has 0 amide bonds. The molecule has 0 atom stereocenters. The van der Waals surface area contributed by atoms with Crippen molar-refractivity contribution in [1.29, 1.82) is 0 Å². The van der Waals surface area contributed by atoms with Gasteiger partial charge in [0.2, 0.25) is 5.95 Å². The highest BCUT2D eigenvalue weighted by Crippen LogP contribution is 2.25. The molecule has 0 aromatic carbocycles. The smallest absolute Gasteiger partial charge is 0.225 e. The van der Waals surface area contributed by atoms with Crippen LogP contribution in [0.4, 0.5) is 5.95 Å². The molecular weight excluding hydrogens is 260 g/mol. The van der Waals surface area contributed by atoms with E-state index in [4.69, 9.17) is 4.98 Å². The molecule has 1 fully saturated rings. The van der Waals surface area contributed by atoms with Gasteiger partial charge in [-0.25, -0.2) is 9.97 Å². The second-order valence-corrected chi connectivity index (χ2v) is 6.34. The number of aryl methyl sites for hydroxylation is 1. The summed E-state index contributed by atoms with van der Waals surface area (Å²) in [7, 11) is 2.12. The van der Waals surface area contributed by atoms with Gasteiger partial charge in [0.1, 0.15) is 0 Å². The van der Waals surface area contributed by atoms with Crippen LogP contribution in [0, 0.1) is 12.8 Å². The minimum Gasteiger partial charge on any atom is -0.344 e. The van der Waals surface area contributed by atoms with Crippen LogP contribution >= 0.6 is 0 Å². The SMILES string of the molecule is CCCNCc1cnc(N(C)CC2CCCCC2)nc1C. The summed E-state index contributed by atoms with van der Waals surface area (Å²) in [6.45, 7) is 7.27. The van der Waals surface area contributed by atoms with Gasteiger partial charge < -0.3 is 10.2 Å². The first-order valence-electron chi connectivity index (χ1n) is 8.45. The van der Waals surface area contributed by atoms with Gasteiger partial charge in [-0.1, -0.05) is 26.2 Å². The third-order valence-corrected chi connectivity index (χ3v) is 4.41. The lowest BCUT2D eigenvalue weighted by Gasteiger charge is -2.27. The number of nitrogens with zero attached hydrogens (tertiary/aromatic N) is 3. The predicted molar refractivity (Wildman–Crippen MR) is 88.6 cm³/mol. The van der Waals surface area contributed by atoms with E-state index < -0.39 is 0 Å². The first-order chi connectivity index (χ1) is 10.2. The first-order valence-corrected chi connectivity index (χ1v) is 8.45. The summed E-state index contributed by atoms with van der Waals surface area (Å²) < 4.78 is 0. The van der Waals surface area contributed by atoms with Crippen LogP contribution in [-0.4, -0.2) is 30.1 Å². The number of rotatable bonds is 7. The summed E-state index contributed by atoms with van der Waals surface area (Å²) in [6, 6.07) is 0. The Labute approximate surface area is 129 Å². The van der Waals surface area contributed by atoms with Crippen LogP contribution in [0.15, 0.2) is 6.20 Å². The highest BCUT2D eigenvalue weighted by atomic mass is 15.2. The van der Waals surface area contributed by atoms with Crippen molar-refractivity contribution in [2.45, 2.75) is 58.9 Å². The lowest BCUT2D eigenvalue weighted by atomic mass is 9.89. The highest BCUT2D eigenvalue weighted by molar-refractivity contribution is 5.31. The van der Waals surface area contributed by atoms with Gasteiger partial charge in [-0.05, 0) is 38.6 Å². The largest absolute Gasteiger partial charge is 0.344 e. The molecule has 0 unspecified atom stereocenters. The number of nitrogens with one attached hydrogen (secondary N) is 1. The van der Waals surface area contributed by atoms with Crippen LogP contribution in [0.5, 0.6) is 0 Å². The van der Waals surface area contributed by atoms with Gasteiger partial charge in [0.15, 0.2) is 0 Å². The summed E-state index contributed by atoms with van der Waals surface area (Å²) in [5, 5.41) is 3.41. The Kier molecular flexibility index (Phi) is 6.43. The molecule has 1 aromatic heterocycles. The fourth-order valence-corrected chi connectivity index (χ4v) is 3.08. The topological polar surface area (TPSA) is 41.1 Å². The normalized spacial score (nSPS) is 16.1. The monoisotopic (exact) mass is 290 g/mol. The van der Waals surface area contributed by atoms with Gasteiger partial charge in [-0.15, -0.1) is 0 Å². The fourth-order valence-electron chi connectivity index (χ4n) is 3.08. The minimum atomic E-state index is 0.818. The molecule has 4 nitrogen and oxygen atoms in total. The third kappa shape index (κ3) is 4.95. The van der Waals surface area contributed by atoms with Gasteiger partial charge in [0.25, 0.3) is 0 Å². The average Bonchev–Trinajstić information content (AvgIpc) is 2.50. The minimum absolute atomic E-state index is 0.818. The summed E-state index contributed by atoms with van der Waals surface area (Å²) in [5.41, 5.74) is 2.30. The van der Waals surface area contributed by atoms with Gasteiger partial charge in [-0.3, -0.25) is 0 Å². The zero-order valence-corrected chi connectivity index (χ0v) is 13.9. The predicted octanol–water partition coefficient (Wildman–Crippen LogP) is 3.30. The van der Waals surface area contributed by atoms with E-state index in [1.165, 1.54) is 37.7 Å². The lowest BCUT2D eigenvalue weighted by molar-refractivity contribution is 0.361. The van der Waals surface area contributed by atoms with E-state index >= 15 is 0 Å². The quantitative estimate of drug-likeness (QED) is 0.782. The average molecular weight is 290 g/mol. The molecule has 1 aromatic rings. The molecule has 0 spiro atoms. The second-order valence-electron chi connectivity index (χ2n) is 6.34. The molecule has 21 heavy (non-hydrogen) atoms. The maximum Gasteiger partial charge on any atom is 0.225 e. The summed E-state index contributed by atoms with van der Waals surface area (Å²) in [4.78, 5) is 11.5. The molecule has 0 radical (unpaired) electrons. The molecule has 0 bridgehead atoms. The van der Waals surface area contributed by atoms with Crippen LogP contribution in [0.25, 0.3) is 0 Å². The van der Waals surface area contributed by atoms with Gasteiger partial charge in [0.05, 0.1) is 0 Å². The standard InChI is InChI=1S/C17H30N4/c1-4-10-18-11-16-12-19-17(20-14(16)2)21(3)13-15-8-6-5-7-9-15/h12,15,18H,4-11,13H2,1-3H3. The molecule has 1 aliphatic carbocycles. The summed E-state index contributed by atoms with van der Waals surface area (Å²) >= 11 is 0. The van der Waals surface area contributed by atoms with Crippen molar-refractivity contribution in [2.24, 2.45) is 5.92 Å². The zero-order valence-electron chi connectivity index (χ0n) is 13.9. The highest BCUT2D eigenvalue weighted by Gasteiger charge is 2.17. The molecule has 2 rings (SSSR count). The number of hydrogen-bond acceptors (Lipinski definition) is 4. The molecule has 1 N–H and O–H groups in total. The van der Waals surface area contributed by atoms with Gasteiger partial charge >= 0.3 is 0 Å². The van der Waals surface area contributed by atoms with E-state index in [9.17, 15) is 0 Å². The van der Waals surface area contributed by atoms with Crippen molar-refractivity contribution >= 4 is 5.95 Å². The van der Waals surface area contributed by atoms with E-state index in [-0.39, 0.29) is 0 Å². The maximum atomic E-state index is 4.69. The Morgan fingerprint density at radius 3 is 2.71 bits per heavy atom. The van der Waals surface area contributed by atoms with Gasteiger partial charge in [-0.2, -0.15) is 0 Å². The van der Waals surface area contributed by atoms with Crippen LogP contribution in [-0.2, 0) is 6.54 Å². The number of hydrogen-bond donors (Lipinski definition) is 1. The van der Waals surface area contributed by atoms with Crippen LogP contribution in [0.3, 0.4) is 0 Å². The molecule has 0 saturated heterocycles. The maximum absolute atomic E-state index is 4.69. The lowest BCUT2D eigenvalue weighted by Crippen LogP contribution is -2.28. The summed E-state index contributed by atoms with van der Waals surface area (Å²) in [5.74, 6) is 1.69.